The van der Waals surface area contributed by atoms with Gasteiger partial charge >= 0.3 is 0 Å². The lowest BCUT2D eigenvalue weighted by molar-refractivity contribution is -0.0414. The summed E-state index contributed by atoms with van der Waals surface area (Å²) >= 11 is 1.61. The molecule has 0 radical (unpaired) electrons. The number of aliphatic hydroxyl groups is 1. The van der Waals surface area contributed by atoms with Crippen LogP contribution in [0, 0.1) is 0 Å². The molecule has 0 unspecified atom stereocenters. The van der Waals surface area contributed by atoms with Gasteiger partial charge in [-0.15, -0.1) is 11.3 Å². The van der Waals surface area contributed by atoms with Gasteiger partial charge < -0.3 is 14.6 Å². The third kappa shape index (κ3) is 1.61. The molecule has 2 heterocycles. The lowest BCUT2D eigenvalue weighted by Crippen LogP contribution is -2.32. The Kier molecular flexibility index (Phi) is 2.32. The van der Waals surface area contributed by atoms with Crippen LogP contribution in [0.2, 0.25) is 0 Å². The van der Waals surface area contributed by atoms with E-state index < -0.39 is 5.60 Å². The molecule has 0 amide bonds. The lowest BCUT2D eigenvalue weighted by atomic mass is 9.79. The molecule has 3 nitrogen and oxygen atoms in total. The second kappa shape index (κ2) is 3.56. The van der Waals surface area contributed by atoms with Crippen LogP contribution in [0.1, 0.15) is 35.3 Å². The minimum atomic E-state index is -0.554. The van der Waals surface area contributed by atoms with E-state index in [-0.39, 0.29) is 6.29 Å². The first-order valence-corrected chi connectivity index (χ1v) is 6.15. The lowest BCUT2D eigenvalue weighted by Gasteiger charge is -2.35. The summed E-state index contributed by atoms with van der Waals surface area (Å²) in [6.07, 6.45) is 2.70. The number of ether oxygens (including phenoxy) is 2. The summed E-state index contributed by atoms with van der Waals surface area (Å²) in [6.45, 7) is 1.34. The standard InChI is InChI=1S/C11H14O3S/c12-11(4-1-5-11)9-3-2-8(15-9)10-13-6-7-14-10/h2-3,10,12H,1,4-7H2. The van der Waals surface area contributed by atoms with Crippen LogP contribution in [-0.4, -0.2) is 18.3 Å². The Morgan fingerprint density at radius 2 is 2.00 bits per heavy atom. The summed E-state index contributed by atoms with van der Waals surface area (Å²) in [7, 11) is 0. The van der Waals surface area contributed by atoms with E-state index in [4.69, 9.17) is 9.47 Å². The number of hydrogen-bond donors (Lipinski definition) is 1. The molecular formula is C11H14O3S. The Labute approximate surface area is 92.6 Å². The summed E-state index contributed by atoms with van der Waals surface area (Å²) < 4.78 is 10.8. The molecule has 1 aliphatic carbocycles. The van der Waals surface area contributed by atoms with Crippen LogP contribution in [0.3, 0.4) is 0 Å². The molecule has 15 heavy (non-hydrogen) atoms. The van der Waals surface area contributed by atoms with Gasteiger partial charge in [0.15, 0.2) is 6.29 Å². The van der Waals surface area contributed by atoms with E-state index >= 15 is 0 Å². The molecule has 1 aliphatic heterocycles. The van der Waals surface area contributed by atoms with E-state index in [1.165, 1.54) is 0 Å². The Morgan fingerprint density at radius 3 is 2.60 bits per heavy atom. The van der Waals surface area contributed by atoms with Crippen LogP contribution in [0.25, 0.3) is 0 Å². The molecule has 1 aromatic rings. The fourth-order valence-electron chi connectivity index (χ4n) is 2.01. The molecule has 1 saturated carbocycles. The first-order valence-electron chi connectivity index (χ1n) is 5.34. The Morgan fingerprint density at radius 1 is 1.27 bits per heavy atom. The van der Waals surface area contributed by atoms with Gasteiger partial charge in [-0.2, -0.15) is 0 Å². The van der Waals surface area contributed by atoms with Gasteiger partial charge in [0, 0.05) is 4.88 Å². The first-order chi connectivity index (χ1) is 7.28. The van der Waals surface area contributed by atoms with Crippen LogP contribution in [0.5, 0.6) is 0 Å². The van der Waals surface area contributed by atoms with Crippen LogP contribution in [-0.2, 0) is 15.1 Å². The molecule has 2 aliphatic rings. The second-order valence-electron chi connectivity index (χ2n) is 4.16. The third-order valence-electron chi connectivity index (χ3n) is 3.12. The van der Waals surface area contributed by atoms with E-state index in [1.54, 1.807) is 11.3 Å². The van der Waals surface area contributed by atoms with E-state index in [0.717, 1.165) is 29.0 Å². The molecule has 0 bridgehead atoms. The predicted molar refractivity (Wildman–Crippen MR) is 56.7 cm³/mol. The summed E-state index contributed by atoms with van der Waals surface area (Å²) in [5.41, 5.74) is -0.554. The summed E-state index contributed by atoms with van der Waals surface area (Å²) in [5.74, 6) is 0. The minimum absolute atomic E-state index is 0.201. The third-order valence-corrected chi connectivity index (χ3v) is 4.42. The van der Waals surface area contributed by atoms with Crippen LogP contribution >= 0.6 is 11.3 Å². The average molecular weight is 226 g/mol. The van der Waals surface area contributed by atoms with Gasteiger partial charge in [0.25, 0.3) is 0 Å². The number of thiophene rings is 1. The average Bonchev–Trinajstić information content (AvgIpc) is 2.84. The SMILES string of the molecule is OC1(c2ccc(C3OCCO3)s2)CCC1. The molecule has 2 fully saturated rings. The fraction of sp³-hybridized carbons (Fsp3) is 0.636. The summed E-state index contributed by atoms with van der Waals surface area (Å²) in [4.78, 5) is 2.13. The van der Waals surface area contributed by atoms with Crippen molar-refractivity contribution in [1.29, 1.82) is 0 Å². The summed E-state index contributed by atoms with van der Waals surface area (Å²) in [6, 6.07) is 4.01. The normalized spacial score (nSPS) is 25.4. The van der Waals surface area contributed by atoms with Crippen molar-refractivity contribution in [2.24, 2.45) is 0 Å². The Bertz CT molecular complexity index is 350. The van der Waals surface area contributed by atoms with Gasteiger partial charge in [0.1, 0.15) is 0 Å². The molecule has 1 saturated heterocycles. The van der Waals surface area contributed by atoms with Gasteiger partial charge in [-0.25, -0.2) is 0 Å². The largest absolute Gasteiger partial charge is 0.384 e. The van der Waals surface area contributed by atoms with Crippen molar-refractivity contribution < 1.29 is 14.6 Å². The maximum atomic E-state index is 10.2. The highest BCUT2D eigenvalue weighted by Crippen LogP contribution is 2.45. The highest BCUT2D eigenvalue weighted by molar-refractivity contribution is 7.12. The van der Waals surface area contributed by atoms with Gasteiger partial charge in [-0.05, 0) is 31.4 Å². The van der Waals surface area contributed by atoms with Crippen molar-refractivity contribution in [3.63, 3.8) is 0 Å². The number of rotatable bonds is 2. The second-order valence-corrected chi connectivity index (χ2v) is 5.28. The van der Waals surface area contributed by atoms with E-state index in [1.807, 2.05) is 12.1 Å². The zero-order chi connectivity index (χ0) is 10.3. The molecular weight excluding hydrogens is 212 g/mol. The van der Waals surface area contributed by atoms with Gasteiger partial charge in [0.2, 0.25) is 0 Å². The van der Waals surface area contributed by atoms with Crippen molar-refractivity contribution in [3.05, 3.63) is 21.9 Å². The van der Waals surface area contributed by atoms with Gasteiger partial charge in [-0.3, -0.25) is 0 Å². The van der Waals surface area contributed by atoms with E-state index in [9.17, 15) is 5.11 Å². The van der Waals surface area contributed by atoms with Crippen molar-refractivity contribution in [2.45, 2.75) is 31.2 Å². The predicted octanol–water partition coefficient (Wildman–Crippen LogP) is 2.17. The fourth-order valence-corrected chi connectivity index (χ4v) is 3.16. The number of hydrogen-bond acceptors (Lipinski definition) is 4. The maximum Gasteiger partial charge on any atom is 0.193 e. The van der Waals surface area contributed by atoms with Gasteiger partial charge in [0.05, 0.1) is 23.7 Å². The molecule has 0 spiro atoms. The highest BCUT2D eigenvalue weighted by atomic mass is 32.1. The molecule has 0 atom stereocenters. The molecule has 3 rings (SSSR count). The quantitative estimate of drug-likeness (QED) is 0.840. The smallest absolute Gasteiger partial charge is 0.193 e. The molecule has 1 N–H and O–H groups in total. The van der Waals surface area contributed by atoms with Crippen molar-refractivity contribution in [3.8, 4) is 0 Å². The van der Waals surface area contributed by atoms with Crippen LogP contribution in [0.4, 0.5) is 0 Å². The zero-order valence-electron chi connectivity index (χ0n) is 8.44. The molecule has 0 aromatic carbocycles. The van der Waals surface area contributed by atoms with Crippen LogP contribution < -0.4 is 0 Å². The molecule has 4 heteroatoms. The van der Waals surface area contributed by atoms with E-state index in [0.29, 0.717) is 13.2 Å². The first kappa shape index (κ1) is 9.78. The van der Waals surface area contributed by atoms with Crippen molar-refractivity contribution in [1.82, 2.24) is 0 Å². The van der Waals surface area contributed by atoms with Crippen molar-refractivity contribution in [2.75, 3.05) is 13.2 Å². The maximum absolute atomic E-state index is 10.2. The topological polar surface area (TPSA) is 38.7 Å². The monoisotopic (exact) mass is 226 g/mol. The molecule has 82 valence electrons. The summed E-state index contributed by atoms with van der Waals surface area (Å²) in [5, 5.41) is 10.2. The zero-order valence-corrected chi connectivity index (χ0v) is 9.26. The Hall–Kier alpha value is -0.420. The Balaban J connectivity index is 1.80. The van der Waals surface area contributed by atoms with Gasteiger partial charge in [-0.1, -0.05) is 0 Å². The highest BCUT2D eigenvalue weighted by Gasteiger charge is 2.38. The van der Waals surface area contributed by atoms with E-state index in [2.05, 4.69) is 0 Å². The van der Waals surface area contributed by atoms with Crippen LogP contribution in [0.15, 0.2) is 12.1 Å². The van der Waals surface area contributed by atoms with Crippen molar-refractivity contribution >= 4 is 11.3 Å². The minimum Gasteiger partial charge on any atom is -0.384 e. The molecule has 1 aromatic heterocycles.